The van der Waals surface area contributed by atoms with Crippen molar-refractivity contribution in [2.24, 2.45) is 0 Å². The van der Waals surface area contributed by atoms with Crippen LogP contribution in [0.25, 0.3) is 11.0 Å². The first-order chi connectivity index (χ1) is 7.92. The summed E-state index contributed by atoms with van der Waals surface area (Å²) in [6.07, 6.45) is 1.78. The maximum Gasteiger partial charge on any atom is 0.182 e. The number of anilines is 1. The van der Waals surface area contributed by atoms with Gasteiger partial charge in [0.25, 0.3) is 0 Å². The maximum atomic E-state index is 5.68. The molecule has 0 amide bonds. The Bertz CT molecular complexity index is 553. The van der Waals surface area contributed by atoms with Gasteiger partial charge in [-0.25, -0.2) is 4.98 Å². The summed E-state index contributed by atoms with van der Waals surface area (Å²) in [6.45, 7) is 0.669. The highest BCUT2D eigenvalue weighted by atomic mass is 32.1. The van der Waals surface area contributed by atoms with E-state index in [-0.39, 0.29) is 0 Å². The zero-order valence-electron chi connectivity index (χ0n) is 8.51. The van der Waals surface area contributed by atoms with Gasteiger partial charge in [0, 0.05) is 17.0 Å². The van der Waals surface area contributed by atoms with Gasteiger partial charge >= 0.3 is 0 Å². The maximum absolute atomic E-state index is 5.68. The summed E-state index contributed by atoms with van der Waals surface area (Å²) in [5, 5.41) is 7.22. The van der Waals surface area contributed by atoms with E-state index in [2.05, 4.69) is 16.4 Å². The number of furan rings is 1. The Labute approximate surface area is 96.7 Å². The largest absolute Gasteiger partial charge is 0.459 e. The second kappa shape index (κ2) is 3.98. The Morgan fingerprint density at radius 1 is 1.31 bits per heavy atom. The summed E-state index contributed by atoms with van der Waals surface area (Å²) in [4.78, 5) is 4.15. The van der Waals surface area contributed by atoms with Crippen molar-refractivity contribution in [1.82, 2.24) is 4.98 Å². The predicted molar refractivity (Wildman–Crippen MR) is 65.7 cm³/mol. The van der Waals surface area contributed by atoms with E-state index in [1.807, 2.05) is 29.6 Å². The molecule has 3 aromatic rings. The average molecular weight is 230 g/mol. The van der Waals surface area contributed by atoms with Gasteiger partial charge in [-0.2, -0.15) is 0 Å². The van der Waals surface area contributed by atoms with E-state index in [1.165, 1.54) is 0 Å². The van der Waals surface area contributed by atoms with Crippen molar-refractivity contribution in [3.63, 3.8) is 0 Å². The molecule has 0 aliphatic heterocycles. The van der Waals surface area contributed by atoms with Crippen LogP contribution in [0.1, 0.15) is 5.76 Å². The molecule has 0 saturated carbocycles. The third-order valence-electron chi connectivity index (χ3n) is 2.32. The molecule has 0 atom stereocenters. The van der Waals surface area contributed by atoms with Gasteiger partial charge in [0.05, 0.1) is 6.54 Å². The first kappa shape index (κ1) is 9.42. The molecule has 0 aliphatic rings. The number of rotatable bonds is 3. The molecule has 0 fully saturated rings. The minimum atomic E-state index is 0.669. The number of hydrogen-bond donors (Lipinski definition) is 1. The number of para-hydroxylation sites is 1. The Hall–Kier alpha value is -1.81. The van der Waals surface area contributed by atoms with Crippen LogP contribution in [-0.4, -0.2) is 4.98 Å². The number of nitrogens with zero attached hydrogens (tertiary/aromatic N) is 1. The third kappa shape index (κ3) is 1.79. The summed E-state index contributed by atoms with van der Waals surface area (Å²) in [6, 6.07) is 10.1. The van der Waals surface area contributed by atoms with Crippen LogP contribution in [0, 0.1) is 0 Å². The first-order valence-corrected chi connectivity index (χ1v) is 5.90. The van der Waals surface area contributed by atoms with Gasteiger partial charge in [-0.05, 0) is 12.1 Å². The lowest BCUT2D eigenvalue weighted by molar-refractivity contribution is 0.559. The highest BCUT2D eigenvalue weighted by molar-refractivity contribution is 7.13. The molecular formula is C12H10N2OS. The minimum Gasteiger partial charge on any atom is -0.459 e. The summed E-state index contributed by atoms with van der Waals surface area (Å²) in [5.74, 6) is 0.927. The summed E-state index contributed by atoms with van der Waals surface area (Å²) in [7, 11) is 0. The van der Waals surface area contributed by atoms with Crippen molar-refractivity contribution in [1.29, 1.82) is 0 Å². The molecule has 80 valence electrons. The van der Waals surface area contributed by atoms with Crippen molar-refractivity contribution < 1.29 is 4.42 Å². The molecule has 0 unspecified atom stereocenters. The van der Waals surface area contributed by atoms with Gasteiger partial charge in [0.1, 0.15) is 11.3 Å². The standard InChI is InChI=1S/C12H10N2OS/c1-2-4-11-9(3-1)7-10(15-11)8-14-12-13-5-6-16-12/h1-7H,8H2,(H,13,14). The van der Waals surface area contributed by atoms with Crippen LogP contribution in [0.15, 0.2) is 46.3 Å². The van der Waals surface area contributed by atoms with E-state index in [9.17, 15) is 0 Å². The Morgan fingerprint density at radius 2 is 2.25 bits per heavy atom. The van der Waals surface area contributed by atoms with Crippen molar-refractivity contribution in [3.05, 3.63) is 47.7 Å². The molecule has 3 nitrogen and oxygen atoms in total. The van der Waals surface area contributed by atoms with Crippen molar-refractivity contribution in [2.45, 2.75) is 6.54 Å². The van der Waals surface area contributed by atoms with Crippen LogP contribution in [0.5, 0.6) is 0 Å². The van der Waals surface area contributed by atoms with Gasteiger partial charge < -0.3 is 9.73 Å². The second-order valence-electron chi connectivity index (χ2n) is 3.44. The topological polar surface area (TPSA) is 38.1 Å². The fourth-order valence-electron chi connectivity index (χ4n) is 1.60. The van der Waals surface area contributed by atoms with Gasteiger partial charge in [0.15, 0.2) is 5.13 Å². The predicted octanol–water partition coefficient (Wildman–Crippen LogP) is 3.50. The average Bonchev–Trinajstić information content (AvgIpc) is 2.95. The van der Waals surface area contributed by atoms with Gasteiger partial charge in [0.2, 0.25) is 0 Å². The Balaban J connectivity index is 1.79. The number of nitrogens with one attached hydrogen (secondary N) is 1. The quantitative estimate of drug-likeness (QED) is 0.748. The molecule has 0 saturated heterocycles. The van der Waals surface area contributed by atoms with Crippen molar-refractivity contribution >= 4 is 27.4 Å². The Kier molecular flexibility index (Phi) is 2.34. The molecular weight excluding hydrogens is 220 g/mol. The van der Waals surface area contributed by atoms with E-state index in [4.69, 9.17) is 4.42 Å². The molecule has 2 aromatic heterocycles. The van der Waals surface area contributed by atoms with E-state index in [0.29, 0.717) is 6.54 Å². The molecule has 1 N–H and O–H groups in total. The fraction of sp³-hybridized carbons (Fsp3) is 0.0833. The lowest BCUT2D eigenvalue weighted by atomic mass is 10.2. The van der Waals surface area contributed by atoms with Crippen LogP contribution >= 0.6 is 11.3 Å². The Morgan fingerprint density at radius 3 is 3.06 bits per heavy atom. The molecule has 0 radical (unpaired) electrons. The van der Waals surface area contributed by atoms with E-state index < -0.39 is 0 Å². The van der Waals surface area contributed by atoms with E-state index in [0.717, 1.165) is 21.9 Å². The van der Waals surface area contributed by atoms with E-state index >= 15 is 0 Å². The van der Waals surface area contributed by atoms with Crippen LogP contribution in [0.4, 0.5) is 5.13 Å². The number of hydrogen-bond acceptors (Lipinski definition) is 4. The van der Waals surface area contributed by atoms with Crippen LogP contribution in [0.3, 0.4) is 0 Å². The summed E-state index contributed by atoms with van der Waals surface area (Å²) >= 11 is 1.59. The smallest absolute Gasteiger partial charge is 0.182 e. The molecule has 4 heteroatoms. The van der Waals surface area contributed by atoms with Gasteiger partial charge in [-0.1, -0.05) is 18.2 Å². The number of thiazole rings is 1. The van der Waals surface area contributed by atoms with Gasteiger partial charge in [-0.3, -0.25) is 0 Å². The van der Waals surface area contributed by atoms with E-state index in [1.54, 1.807) is 17.5 Å². The SMILES string of the molecule is c1ccc2oc(CNc3nccs3)cc2c1. The number of benzene rings is 1. The molecule has 0 spiro atoms. The lowest BCUT2D eigenvalue weighted by Crippen LogP contribution is -1.96. The van der Waals surface area contributed by atoms with Crippen LogP contribution < -0.4 is 5.32 Å². The van der Waals surface area contributed by atoms with Gasteiger partial charge in [-0.15, -0.1) is 11.3 Å². The zero-order valence-corrected chi connectivity index (χ0v) is 9.33. The molecule has 1 aromatic carbocycles. The minimum absolute atomic E-state index is 0.669. The fourth-order valence-corrected chi connectivity index (χ4v) is 2.13. The van der Waals surface area contributed by atoms with Crippen LogP contribution in [-0.2, 0) is 6.54 Å². The number of aromatic nitrogens is 1. The third-order valence-corrected chi connectivity index (χ3v) is 3.05. The molecule has 3 rings (SSSR count). The molecule has 16 heavy (non-hydrogen) atoms. The van der Waals surface area contributed by atoms with Crippen molar-refractivity contribution in [2.75, 3.05) is 5.32 Å². The molecule has 2 heterocycles. The monoisotopic (exact) mass is 230 g/mol. The highest BCUT2D eigenvalue weighted by Gasteiger charge is 2.02. The summed E-state index contributed by atoms with van der Waals surface area (Å²) < 4.78 is 5.68. The summed E-state index contributed by atoms with van der Waals surface area (Å²) in [5.41, 5.74) is 0.929. The molecule has 0 bridgehead atoms. The first-order valence-electron chi connectivity index (χ1n) is 5.03. The lowest BCUT2D eigenvalue weighted by Gasteiger charge is -1.97. The molecule has 0 aliphatic carbocycles. The zero-order chi connectivity index (χ0) is 10.8. The van der Waals surface area contributed by atoms with Crippen molar-refractivity contribution in [3.8, 4) is 0 Å². The second-order valence-corrected chi connectivity index (χ2v) is 4.34. The normalized spacial score (nSPS) is 10.8. The van der Waals surface area contributed by atoms with Crippen LogP contribution in [0.2, 0.25) is 0 Å². The highest BCUT2D eigenvalue weighted by Crippen LogP contribution is 2.20. The number of fused-ring (bicyclic) bond motifs is 1.